The summed E-state index contributed by atoms with van der Waals surface area (Å²) >= 11 is 0. The molecule has 0 aromatic carbocycles. The minimum Gasteiger partial charge on any atom is -0.371 e. The fourth-order valence-corrected chi connectivity index (χ4v) is 1.76. The zero-order chi connectivity index (χ0) is 7.03. The van der Waals surface area contributed by atoms with Crippen LogP contribution in [0.5, 0.6) is 0 Å². The van der Waals surface area contributed by atoms with Crippen LogP contribution in [0.3, 0.4) is 0 Å². The summed E-state index contributed by atoms with van der Waals surface area (Å²) in [7, 11) is 0. The van der Waals surface area contributed by atoms with Gasteiger partial charge in [0.25, 0.3) is 0 Å². The third kappa shape index (κ3) is 0.856. The van der Waals surface area contributed by atoms with Crippen LogP contribution < -0.4 is 10.6 Å². The van der Waals surface area contributed by atoms with E-state index in [1.165, 1.54) is 0 Å². The van der Waals surface area contributed by atoms with Gasteiger partial charge in [0, 0.05) is 25.7 Å². The minimum atomic E-state index is 0.0677. The van der Waals surface area contributed by atoms with Crippen LogP contribution in [0.2, 0.25) is 0 Å². The van der Waals surface area contributed by atoms with Crippen molar-refractivity contribution in [1.29, 1.82) is 0 Å². The Bertz CT molecular complexity index is 140. The topological polar surface area (TPSA) is 33.3 Å². The molecule has 2 atom stereocenters. The van der Waals surface area contributed by atoms with Gasteiger partial charge in [-0.15, -0.1) is 0 Å². The molecule has 2 unspecified atom stereocenters. The van der Waals surface area contributed by atoms with Crippen molar-refractivity contribution in [3.05, 3.63) is 0 Å². The monoisotopic (exact) mass is 142 g/mol. The predicted molar refractivity (Wildman–Crippen MR) is 39.0 cm³/mol. The highest BCUT2D eigenvalue weighted by Crippen LogP contribution is 2.21. The standard InChI is InChI=1S/C7H14N2O/c1-7-5-8-4-6(7)9-2-3-10-7/h6,8-9H,2-5H2,1H3. The maximum Gasteiger partial charge on any atom is 0.0943 e. The van der Waals surface area contributed by atoms with Gasteiger partial charge in [0.1, 0.15) is 0 Å². The largest absolute Gasteiger partial charge is 0.371 e. The van der Waals surface area contributed by atoms with E-state index < -0.39 is 0 Å². The Morgan fingerprint density at radius 2 is 2.50 bits per heavy atom. The Kier molecular flexibility index (Phi) is 1.44. The van der Waals surface area contributed by atoms with E-state index in [1.54, 1.807) is 0 Å². The van der Waals surface area contributed by atoms with E-state index in [0.717, 1.165) is 26.2 Å². The second kappa shape index (κ2) is 2.19. The van der Waals surface area contributed by atoms with Crippen molar-refractivity contribution in [2.45, 2.75) is 18.6 Å². The van der Waals surface area contributed by atoms with Gasteiger partial charge in [-0.2, -0.15) is 0 Å². The van der Waals surface area contributed by atoms with Crippen LogP contribution in [0.15, 0.2) is 0 Å². The summed E-state index contributed by atoms with van der Waals surface area (Å²) in [6.07, 6.45) is 0. The van der Waals surface area contributed by atoms with Gasteiger partial charge < -0.3 is 15.4 Å². The van der Waals surface area contributed by atoms with E-state index in [-0.39, 0.29) is 5.60 Å². The number of rotatable bonds is 0. The highest BCUT2D eigenvalue weighted by Gasteiger charge is 2.41. The smallest absolute Gasteiger partial charge is 0.0943 e. The number of hydrogen-bond donors (Lipinski definition) is 2. The lowest BCUT2D eigenvalue weighted by Gasteiger charge is -2.35. The molecule has 0 spiro atoms. The lowest BCUT2D eigenvalue weighted by molar-refractivity contribution is -0.0588. The van der Waals surface area contributed by atoms with Gasteiger partial charge in [-0.25, -0.2) is 0 Å². The van der Waals surface area contributed by atoms with Crippen molar-refractivity contribution in [3.8, 4) is 0 Å². The van der Waals surface area contributed by atoms with Gasteiger partial charge in [-0.05, 0) is 6.92 Å². The van der Waals surface area contributed by atoms with Crippen LogP contribution in [0.1, 0.15) is 6.92 Å². The van der Waals surface area contributed by atoms with E-state index in [2.05, 4.69) is 17.6 Å². The summed E-state index contributed by atoms with van der Waals surface area (Å²) in [5.74, 6) is 0. The molecule has 0 aromatic heterocycles. The van der Waals surface area contributed by atoms with Crippen molar-refractivity contribution in [3.63, 3.8) is 0 Å². The Hall–Kier alpha value is -0.120. The lowest BCUT2D eigenvalue weighted by atomic mass is 9.99. The average molecular weight is 142 g/mol. The number of fused-ring (bicyclic) bond motifs is 1. The summed E-state index contributed by atoms with van der Waals surface area (Å²) in [5.41, 5.74) is 0.0677. The van der Waals surface area contributed by atoms with Crippen molar-refractivity contribution >= 4 is 0 Å². The highest BCUT2D eigenvalue weighted by atomic mass is 16.5. The van der Waals surface area contributed by atoms with Crippen LogP contribution in [-0.4, -0.2) is 37.9 Å². The molecule has 3 heteroatoms. The normalized spacial score (nSPS) is 47.1. The van der Waals surface area contributed by atoms with Gasteiger partial charge in [-0.1, -0.05) is 0 Å². The third-order valence-corrected chi connectivity index (χ3v) is 2.49. The molecule has 0 bridgehead atoms. The molecule has 2 aliphatic heterocycles. The molecule has 2 aliphatic rings. The number of hydrogen-bond acceptors (Lipinski definition) is 3. The van der Waals surface area contributed by atoms with Crippen LogP contribution >= 0.6 is 0 Å². The van der Waals surface area contributed by atoms with E-state index in [1.807, 2.05) is 0 Å². The van der Waals surface area contributed by atoms with E-state index in [4.69, 9.17) is 4.74 Å². The van der Waals surface area contributed by atoms with Crippen LogP contribution in [0.4, 0.5) is 0 Å². The molecule has 2 saturated heterocycles. The molecule has 0 radical (unpaired) electrons. The summed E-state index contributed by atoms with van der Waals surface area (Å²) < 4.78 is 5.66. The van der Waals surface area contributed by atoms with Gasteiger partial charge in [-0.3, -0.25) is 0 Å². The van der Waals surface area contributed by atoms with Crippen molar-refractivity contribution in [2.24, 2.45) is 0 Å². The number of morpholine rings is 1. The first-order valence-corrected chi connectivity index (χ1v) is 3.89. The van der Waals surface area contributed by atoms with E-state index in [9.17, 15) is 0 Å². The Balaban J connectivity index is 2.10. The summed E-state index contributed by atoms with van der Waals surface area (Å²) in [6, 6.07) is 0.529. The van der Waals surface area contributed by atoms with Crippen LogP contribution in [-0.2, 0) is 4.74 Å². The molecule has 2 N–H and O–H groups in total. The fourth-order valence-electron chi connectivity index (χ4n) is 1.76. The van der Waals surface area contributed by atoms with Crippen molar-refractivity contribution in [1.82, 2.24) is 10.6 Å². The van der Waals surface area contributed by atoms with Crippen LogP contribution in [0, 0.1) is 0 Å². The first-order chi connectivity index (χ1) is 4.81. The van der Waals surface area contributed by atoms with Crippen molar-refractivity contribution < 1.29 is 4.74 Å². The lowest BCUT2D eigenvalue weighted by Crippen LogP contribution is -2.55. The highest BCUT2D eigenvalue weighted by molar-refractivity contribution is 5.00. The average Bonchev–Trinajstić information content (AvgIpc) is 2.29. The fraction of sp³-hybridized carbons (Fsp3) is 1.00. The van der Waals surface area contributed by atoms with Gasteiger partial charge in [0.15, 0.2) is 0 Å². The van der Waals surface area contributed by atoms with E-state index in [0.29, 0.717) is 6.04 Å². The first-order valence-electron chi connectivity index (χ1n) is 3.89. The number of ether oxygens (including phenoxy) is 1. The maximum atomic E-state index is 5.66. The molecule has 0 amide bonds. The zero-order valence-electron chi connectivity index (χ0n) is 6.31. The molecular weight excluding hydrogens is 128 g/mol. The molecule has 58 valence electrons. The zero-order valence-corrected chi connectivity index (χ0v) is 6.31. The Labute approximate surface area is 61.1 Å². The Morgan fingerprint density at radius 3 is 3.30 bits per heavy atom. The maximum absolute atomic E-state index is 5.66. The third-order valence-electron chi connectivity index (χ3n) is 2.49. The predicted octanol–water partition coefficient (Wildman–Crippen LogP) is -0.663. The quantitative estimate of drug-likeness (QED) is 0.471. The van der Waals surface area contributed by atoms with Crippen LogP contribution in [0.25, 0.3) is 0 Å². The second-order valence-electron chi connectivity index (χ2n) is 3.30. The van der Waals surface area contributed by atoms with Gasteiger partial charge >= 0.3 is 0 Å². The molecule has 0 aliphatic carbocycles. The van der Waals surface area contributed by atoms with Gasteiger partial charge in [0.2, 0.25) is 0 Å². The molecule has 2 fully saturated rings. The minimum absolute atomic E-state index is 0.0677. The molecule has 0 aromatic rings. The molecule has 2 heterocycles. The van der Waals surface area contributed by atoms with E-state index >= 15 is 0 Å². The molecule has 10 heavy (non-hydrogen) atoms. The van der Waals surface area contributed by atoms with Crippen molar-refractivity contribution in [2.75, 3.05) is 26.2 Å². The SMILES string of the molecule is CC12CNCC1NCCO2. The number of nitrogens with one attached hydrogen (secondary N) is 2. The summed E-state index contributed by atoms with van der Waals surface area (Å²) in [5, 5.41) is 6.75. The second-order valence-corrected chi connectivity index (χ2v) is 3.30. The summed E-state index contributed by atoms with van der Waals surface area (Å²) in [4.78, 5) is 0. The Morgan fingerprint density at radius 1 is 1.60 bits per heavy atom. The first kappa shape index (κ1) is 6.58. The molecule has 0 saturated carbocycles. The summed E-state index contributed by atoms with van der Waals surface area (Å²) in [6.45, 7) is 6.07. The molecule has 3 nitrogen and oxygen atoms in total. The molecule has 2 rings (SSSR count). The molecular formula is C7H14N2O. The van der Waals surface area contributed by atoms with Gasteiger partial charge in [0.05, 0.1) is 12.2 Å².